The van der Waals surface area contributed by atoms with Crippen molar-refractivity contribution in [3.05, 3.63) is 83.4 Å². The summed E-state index contributed by atoms with van der Waals surface area (Å²) in [6.07, 6.45) is 0. The summed E-state index contributed by atoms with van der Waals surface area (Å²) < 4.78 is 16.1. The maximum Gasteiger partial charge on any atom is 0.300 e. The van der Waals surface area contributed by atoms with Crippen molar-refractivity contribution < 1.29 is 33.7 Å². The number of ketones is 1. The first-order valence-corrected chi connectivity index (χ1v) is 11.3. The van der Waals surface area contributed by atoms with Crippen LogP contribution in [0.15, 0.2) is 72.3 Å². The molecule has 2 N–H and O–H groups in total. The maximum atomic E-state index is 13.5. The van der Waals surface area contributed by atoms with Crippen LogP contribution in [0.5, 0.6) is 17.2 Å². The Morgan fingerprint density at radius 1 is 0.892 bits per heavy atom. The third-order valence-electron chi connectivity index (χ3n) is 5.96. The minimum absolute atomic E-state index is 0.130. The van der Waals surface area contributed by atoms with Crippen LogP contribution >= 0.6 is 0 Å². The number of nitrogens with zero attached hydrogens (tertiary/aromatic N) is 1. The number of ether oxygens (including phenoxy) is 3. The van der Waals surface area contributed by atoms with Crippen molar-refractivity contribution >= 4 is 34.7 Å². The summed E-state index contributed by atoms with van der Waals surface area (Å²) in [6.45, 7) is 1.37. The van der Waals surface area contributed by atoms with Crippen LogP contribution in [-0.4, -0.2) is 44.0 Å². The molecule has 1 aliphatic heterocycles. The van der Waals surface area contributed by atoms with Crippen LogP contribution in [0.2, 0.25) is 0 Å². The molecule has 2 amide bonds. The Kier molecular flexibility index (Phi) is 7.15. The summed E-state index contributed by atoms with van der Waals surface area (Å²) in [7, 11) is 4.42. The summed E-state index contributed by atoms with van der Waals surface area (Å²) in [6, 6.07) is 17.2. The lowest BCUT2D eigenvalue weighted by Crippen LogP contribution is -2.29. The van der Waals surface area contributed by atoms with Gasteiger partial charge in [-0.05, 0) is 54.1 Å². The molecule has 3 aromatic rings. The molecule has 0 bridgehead atoms. The van der Waals surface area contributed by atoms with Crippen molar-refractivity contribution in [2.45, 2.75) is 13.0 Å². The molecular formula is C28H26N2O7. The summed E-state index contributed by atoms with van der Waals surface area (Å²) >= 11 is 0. The van der Waals surface area contributed by atoms with Crippen LogP contribution in [0.1, 0.15) is 24.1 Å². The van der Waals surface area contributed by atoms with Crippen molar-refractivity contribution in [1.82, 2.24) is 0 Å². The van der Waals surface area contributed by atoms with Crippen molar-refractivity contribution in [2.75, 3.05) is 31.5 Å². The van der Waals surface area contributed by atoms with E-state index in [2.05, 4.69) is 5.32 Å². The fourth-order valence-corrected chi connectivity index (χ4v) is 4.31. The highest BCUT2D eigenvalue weighted by molar-refractivity contribution is 6.51. The van der Waals surface area contributed by atoms with E-state index in [0.29, 0.717) is 34.2 Å². The van der Waals surface area contributed by atoms with Crippen LogP contribution in [0.4, 0.5) is 11.4 Å². The molecule has 37 heavy (non-hydrogen) atoms. The van der Waals surface area contributed by atoms with Crippen LogP contribution in [0.25, 0.3) is 5.76 Å². The van der Waals surface area contributed by atoms with Gasteiger partial charge in [-0.2, -0.15) is 0 Å². The first-order valence-electron chi connectivity index (χ1n) is 11.3. The van der Waals surface area contributed by atoms with Crippen molar-refractivity contribution in [3.63, 3.8) is 0 Å². The largest absolute Gasteiger partial charge is 0.507 e. The van der Waals surface area contributed by atoms with Crippen LogP contribution in [0.3, 0.4) is 0 Å². The summed E-state index contributed by atoms with van der Waals surface area (Å²) in [4.78, 5) is 39.8. The number of methoxy groups -OCH3 is 3. The summed E-state index contributed by atoms with van der Waals surface area (Å²) in [5.74, 6) is -1.18. The second kappa shape index (κ2) is 10.4. The molecule has 0 radical (unpaired) electrons. The molecule has 1 saturated heterocycles. The second-order valence-corrected chi connectivity index (χ2v) is 8.24. The zero-order valence-corrected chi connectivity index (χ0v) is 20.8. The first kappa shape index (κ1) is 25.3. The second-order valence-electron chi connectivity index (χ2n) is 8.24. The van der Waals surface area contributed by atoms with Crippen molar-refractivity contribution in [2.24, 2.45) is 0 Å². The van der Waals surface area contributed by atoms with E-state index in [0.717, 1.165) is 0 Å². The number of Topliss-reactive ketones (excluding diaryl/α,β-unsaturated/α-hetero) is 1. The molecule has 0 aliphatic carbocycles. The molecule has 190 valence electrons. The number of carbonyl (C=O) groups is 3. The van der Waals surface area contributed by atoms with Crippen LogP contribution in [0, 0.1) is 0 Å². The first-order chi connectivity index (χ1) is 17.8. The number of hydrogen-bond acceptors (Lipinski definition) is 7. The van der Waals surface area contributed by atoms with Gasteiger partial charge < -0.3 is 24.6 Å². The number of aliphatic hydroxyl groups is 1. The van der Waals surface area contributed by atoms with Gasteiger partial charge in [-0.1, -0.05) is 18.2 Å². The van der Waals surface area contributed by atoms with E-state index < -0.39 is 23.5 Å². The van der Waals surface area contributed by atoms with Crippen LogP contribution < -0.4 is 24.4 Å². The van der Waals surface area contributed by atoms with Crippen LogP contribution in [-0.2, 0) is 14.4 Å². The number of hydrogen-bond donors (Lipinski definition) is 2. The molecule has 9 nitrogen and oxygen atoms in total. The Bertz CT molecular complexity index is 1410. The van der Waals surface area contributed by atoms with Crippen molar-refractivity contribution in [1.29, 1.82) is 0 Å². The fraction of sp³-hybridized carbons (Fsp3) is 0.179. The van der Waals surface area contributed by atoms with E-state index in [1.165, 1.54) is 39.2 Å². The van der Waals surface area contributed by atoms with Gasteiger partial charge >= 0.3 is 0 Å². The zero-order valence-electron chi connectivity index (χ0n) is 20.8. The van der Waals surface area contributed by atoms with Gasteiger partial charge in [0, 0.05) is 18.3 Å². The highest BCUT2D eigenvalue weighted by Crippen LogP contribution is 2.44. The average Bonchev–Trinajstić information content (AvgIpc) is 3.17. The van der Waals surface area contributed by atoms with Gasteiger partial charge in [0.1, 0.15) is 23.0 Å². The Hall–Kier alpha value is -4.79. The molecule has 4 rings (SSSR count). The Balaban J connectivity index is 1.98. The van der Waals surface area contributed by atoms with E-state index in [1.54, 1.807) is 60.7 Å². The predicted octanol–water partition coefficient (Wildman–Crippen LogP) is 4.30. The molecule has 0 aromatic heterocycles. The molecular weight excluding hydrogens is 476 g/mol. The third kappa shape index (κ3) is 4.84. The van der Waals surface area contributed by atoms with Gasteiger partial charge in [-0.3, -0.25) is 19.3 Å². The molecule has 0 spiro atoms. The van der Waals surface area contributed by atoms with Gasteiger partial charge in [0.25, 0.3) is 11.7 Å². The number of rotatable bonds is 7. The topological polar surface area (TPSA) is 114 Å². The highest BCUT2D eigenvalue weighted by atomic mass is 16.5. The van der Waals surface area contributed by atoms with Crippen molar-refractivity contribution in [3.8, 4) is 17.2 Å². The van der Waals surface area contributed by atoms with Gasteiger partial charge in [0.05, 0.1) is 38.5 Å². The van der Waals surface area contributed by atoms with E-state index in [4.69, 9.17) is 14.2 Å². The smallest absolute Gasteiger partial charge is 0.300 e. The molecule has 1 aliphatic rings. The molecule has 1 unspecified atom stereocenters. The minimum Gasteiger partial charge on any atom is -0.507 e. The van der Waals surface area contributed by atoms with Gasteiger partial charge in [0.15, 0.2) is 0 Å². The standard InChI is InChI=1S/C28H26N2O7/c1-16(31)29-18-8-6-9-19(14-18)30-25(17-7-5-10-20(13-17)35-2)24(27(33)28(30)34)26(32)22-15-21(36-3)11-12-23(22)37-4/h5-15,25,32H,1-4H3,(H,29,31)/b26-24+. The quantitative estimate of drug-likeness (QED) is 0.281. The number of aliphatic hydroxyl groups excluding tert-OH is 1. The number of amides is 2. The fourth-order valence-electron chi connectivity index (χ4n) is 4.31. The Morgan fingerprint density at radius 2 is 1.59 bits per heavy atom. The van der Waals surface area contributed by atoms with E-state index in [9.17, 15) is 19.5 Å². The molecule has 9 heteroatoms. The number of nitrogens with one attached hydrogen (secondary N) is 1. The third-order valence-corrected chi connectivity index (χ3v) is 5.96. The predicted molar refractivity (Wildman–Crippen MR) is 138 cm³/mol. The van der Waals surface area contributed by atoms with Gasteiger partial charge in [-0.15, -0.1) is 0 Å². The minimum atomic E-state index is -1.00. The highest BCUT2D eigenvalue weighted by Gasteiger charge is 2.47. The van der Waals surface area contributed by atoms with E-state index in [1.807, 2.05) is 0 Å². The molecule has 1 heterocycles. The number of carbonyl (C=O) groups excluding carboxylic acids is 3. The molecule has 1 atom stereocenters. The summed E-state index contributed by atoms with van der Waals surface area (Å²) in [5.41, 5.74) is 1.41. The van der Waals surface area contributed by atoms with E-state index in [-0.39, 0.29) is 17.0 Å². The Morgan fingerprint density at radius 3 is 2.27 bits per heavy atom. The molecule has 1 fully saturated rings. The lowest BCUT2D eigenvalue weighted by molar-refractivity contribution is -0.132. The van der Waals surface area contributed by atoms with Gasteiger partial charge in [0.2, 0.25) is 5.91 Å². The van der Waals surface area contributed by atoms with Gasteiger partial charge in [-0.25, -0.2) is 0 Å². The maximum absolute atomic E-state index is 13.5. The number of benzene rings is 3. The average molecular weight is 503 g/mol. The molecule has 3 aromatic carbocycles. The molecule has 0 saturated carbocycles. The lowest BCUT2D eigenvalue weighted by Gasteiger charge is -2.26. The number of anilines is 2. The van der Waals surface area contributed by atoms with E-state index >= 15 is 0 Å². The normalized spacial score (nSPS) is 16.4. The SMILES string of the molecule is COc1cccc(C2/C(=C(\O)c3cc(OC)ccc3OC)C(=O)C(=O)N2c2cccc(NC(C)=O)c2)c1. The Labute approximate surface area is 213 Å². The lowest BCUT2D eigenvalue weighted by atomic mass is 9.94. The monoisotopic (exact) mass is 502 g/mol. The zero-order chi connectivity index (χ0) is 26.7. The summed E-state index contributed by atoms with van der Waals surface area (Å²) in [5, 5.41) is 14.2.